The minimum absolute atomic E-state index is 0.0897. The van der Waals surface area contributed by atoms with Gasteiger partial charge in [-0.25, -0.2) is 0 Å². The summed E-state index contributed by atoms with van der Waals surface area (Å²) in [5.74, 6) is 0.328. The van der Waals surface area contributed by atoms with E-state index in [-0.39, 0.29) is 29.3 Å². The van der Waals surface area contributed by atoms with Crippen LogP contribution in [0.1, 0.15) is 62.9 Å². The van der Waals surface area contributed by atoms with Gasteiger partial charge >= 0.3 is 0 Å². The first-order valence-electron chi connectivity index (χ1n) is 10.8. The van der Waals surface area contributed by atoms with Crippen LogP contribution in [0.25, 0.3) is 0 Å². The quantitative estimate of drug-likeness (QED) is 0.581. The van der Waals surface area contributed by atoms with E-state index in [1.807, 2.05) is 24.3 Å². The van der Waals surface area contributed by atoms with Gasteiger partial charge in [0.2, 0.25) is 0 Å². The summed E-state index contributed by atoms with van der Waals surface area (Å²) >= 11 is 0. The first-order valence-corrected chi connectivity index (χ1v) is 10.8. The number of nitrogens with one attached hydrogen (secondary N) is 1. The van der Waals surface area contributed by atoms with Crippen molar-refractivity contribution in [3.8, 4) is 0 Å². The molecule has 0 unspecified atom stereocenters. The lowest BCUT2D eigenvalue weighted by Gasteiger charge is -2.44. The number of aliphatic hydroxyl groups is 1. The van der Waals surface area contributed by atoms with Crippen molar-refractivity contribution in [2.45, 2.75) is 58.5 Å². The van der Waals surface area contributed by atoms with Gasteiger partial charge < -0.3 is 15.2 Å². The van der Waals surface area contributed by atoms with Crippen molar-refractivity contribution in [1.29, 1.82) is 0 Å². The van der Waals surface area contributed by atoms with E-state index in [1.165, 1.54) is 5.56 Å². The number of ether oxygens (including phenoxy) is 1. The summed E-state index contributed by atoms with van der Waals surface area (Å²) < 4.78 is 6.10. The van der Waals surface area contributed by atoms with Crippen molar-refractivity contribution < 1.29 is 14.6 Å². The van der Waals surface area contributed by atoms with Crippen molar-refractivity contribution >= 4 is 5.91 Å². The van der Waals surface area contributed by atoms with E-state index in [4.69, 9.17) is 4.74 Å². The van der Waals surface area contributed by atoms with Gasteiger partial charge in [-0.1, -0.05) is 75.7 Å². The fourth-order valence-electron chi connectivity index (χ4n) is 4.48. The van der Waals surface area contributed by atoms with Gasteiger partial charge in [-0.05, 0) is 48.8 Å². The molecule has 0 radical (unpaired) electrons. The number of hydrogen-bond donors (Lipinski definition) is 2. The molecule has 2 aromatic rings. The molecule has 1 aliphatic carbocycles. The van der Waals surface area contributed by atoms with Gasteiger partial charge in [-0.2, -0.15) is 0 Å². The molecule has 30 heavy (non-hydrogen) atoms. The zero-order valence-electron chi connectivity index (χ0n) is 18.4. The van der Waals surface area contributed by atoms with Crippen LogP contribution < -0.4 is 5.32 Å². The van der Waals surface area contributed by atoms with Crippen LogP contribution in [-0.4, -0.2) is 17.1 Å². The number of amides is 1. The molecule has 2 aromatic carbocycles. The fourth-order valence-corrected chi connectivity index (χ4v) is 4.48. The Morgan fingerprint density at radius 2 is 1.63 bits per heavy atom. The number of carbonyl (C=O) groups is 1. The van der Waals surface area contributed by atoms with Crippen LogP contribution >= 0.6 is 0 Å². The maximum atomic E-state index is 12.4. The van der Waals surface area contributed by atoms with Crippen molar-refractivity contribution in [1.82, 2.24) is 5.32 Å². The van der Waals surface area contributed by atoms with E-state index in [0.717, 1.165) is 19.3 Å². The van der Waals surface area contributed by atoms with Crippen LogP contribution in [0.4, 0.5) is 0 Å². The second-order valence-electron chi connectivity index (χ2n) is 9.02. The predicted octanol–water partition coefficient (Wildman–Crippen LogP) is 5.96. The zero-order valence-corrected chi connectivity index (χ0v) is 18.4. The molecule has 0 aromatic heterocycles. The monoisotopic (exact) mass is 407 g/mol. The summed E-state index contributed by atoms with van der Waals surface area (Å²) in [5, 5.41) is 13.4. The van der Waals surface area contributed by atoms with Crippen molar-refractivity contribution in [3.05, 3.63) is 83.4 Å². The molecular formula is C26H33NO3. The Bertz CT molecular complexity index is 874. The number of rotatable bonds is 6. The molecule has 0 bridgehead atoms. The molecule has 0 saturated heterocycles. The SMILES string of the molecule is C/C(NC(=O)c1ccccc1)=C(/O)O[C@@H]1C[C@H](C)CC[C@H]1C(C)(C)c1ccccc1. The van der Waals surface area contributed by atoms with Crippen LogP contribution in [0.5, 0.6) is 0 Å². The third-order valence-corrected chi connectivity index (χ3v) is 6.42. The van der Waals surface area contributed by atoms with Crippen molar-refractivity contribution in [2.75, 3.05) is 0 Å². The van der Waals surface area contributed by atoms with Crippen LogP contribution in [-0.2, 0) is 10.2 Å². The van der Waals surface area contributed by atoms with E-state index < -0.39 is 0 Å². The van der Waals surface area contributed by atoms with E-state index in [1.54, 1.807) is 19.1 Å². The largest absolute Gasteiger partial charge is 0.480 e. The fraction of sp³-hybridized carbons (Fsp3) is 0.423. The average molecular weight is 408 g/mol. The van der Waals surface area contributed by atoms with Gasteiger partial charge in [0.25, 0.3) is 11.9 Å². The first kappa shape index (κ1) is 21.9. The topological polar surface area (TPSA) is 58.6 Å². The average Bonchev–Trinajstić information content (AvgIpc) is 2.74. The molecule has 2 N–H and O–H groups in total. The highest BCUT2D eigenvalue weighted by atomic mass is 16.6. The Kier molecular flexibility index (Phi) is 6.86. The van der Waals surface area contributed by atoms with Gasteiger partial charge in [0.05, 0.1) is 5.70 Å². The Morgan fingerprint density at radius 1 is 1.03 bits per heavy atom. The lowest BCUT2D eigenvalue weighted by molar-refractivity contribution is -0.0532. The number of benzene rings is 2. The number of hydrogen-bond acceptors (Lipinski definition) is 3. The summed E-state index contributed by atoms with van der Waals surface area (Å²) in [7, 11) is 0. The summed E-state index contributed by atoms with van der Waals surface area (Å²) in [5.41, 5.74) is 2.06. The highest BCUT2D eigenvalue weighted by Gasteiger charge is 2.41. The molecule has 160 valence electrons. The Labute approximate surface area is 180 Å². The van der Waals surface area contributed by atoms with E-state index >= 15 is 0 Å². The number of allylic oxidation sites excluding steroid dienone is 1. The maximum absolute atomic E-state index is 12.4. The summed E-state index contributed by atoms with van der Waals surface area (Å²) in [6, 6.07) is 19.4. The Balaban J connectivity index is 1.77. The lowest BCUT2D eigenvalue weighted by atomic mass is 9.64. The third-order valence-electron chi connectivity index (χ3n) is 6.42. The highest BCUT2D eigenvalue weighted by Crippen LogP contribution is 2.44. The van der Waals surface area contributed by atoms with Crippen LogP contribution in [0.15, 0.2) is 72.3 Å². The molecule has 1 aliphatic rings. The minimum Gasteiger partial charge on any atom is -0.480 e. The van der Waals surface area contributed by atoms with E-state index in [0.29, 0.717) is 17.2 Å². The first-order chi connectivity index (χ1) is 14.3. The van der Waals surface area contributed by atoms with Gasteiger partial charge in [-0.3, -0.25) is 4.79 Å². The Hall–Kier alpha value is -2.75. The lowest BCUT2D eigenvalue weighted by Crippen LogP contribution is -2.42. The molecule has 1 fully saturated rings. The molecular weight excluding hydrogens is 374 g/mol. The van der Waals surface area contributed by atoms with Crippen molar-refractivity contribution in [2.24, 2.45) is 11.8 Å². The molecule has 4 heteroatoms. The third kappa shape index (κ3) is 5.05. The molecule has 3 atom stereocenters. The normalized spacial score (nSPS) is 22.7. The summed E-state index contributed by atoms with van der Waals surface area (Å²) in [6.45, 7) is 8.40. The van der Waals surface area contributed by atoms with Crippen LogP contribution in [0.3, 0.4) is 0 Å². The van der Waals surface area contributed by atoms with Crippen molar-refractivity contribution in [3.63, 3.8) is 0 Å². The Morgan fingerprint density at radius 3 is 2.27 bits per heavy atom. The molecule has 3 rings (SSSR count). The number of aliphatic hydroxyl groups excluding tert-OH is 1. The maximum Gasteiger partial charge on any atom is 0.297 e. The molecule has 4 nitrogen and oxygen atoms in total. The molecule has 0 aliphatic heterocycles. The van der Waals surface area contributed by atoms with Gasteiger partial charge in [0.1, 0.15) is 6.10 Å². The van der Waals surface area contributed by atoms with Gasteiger partial charge in [0.15, 0.2) is 0 Å². The molecule has 0 spiro atoms. The smallest absolute Gasteiger partial charge is 0.297 e. The van der Waals surface area contributed by atoms with Gasteiger partial charge in [-0.15, -0.1) is 0 Å². The highest BCUT2D eigenvalue weighted by molar-refractivity contribution is 5.95. The predicted molar refractivity (Wildman–Crippen MR) is 120 cm³/mol. The van der Waals surface area contributed by atoms with E-state index in [2.05, 4.69) is 50.4 Å². The van der Waals surface area contributed by atoms with Gasteiger partial charge in [0, 0.05) is 11.5 Å². The summed E-state index contributed by atoms with van der Waals surface area (Å²) in [6.07, 6.45) is 2.95. The molecule has 1 saturated carbocycles. The zero-order chi connectivity index (χ0) is 21.7. The van der Waals surface area contributed by atoms with Crippen LogP contribution in [0.2, 0.25) is 0 Å². The molecule has 1 amide bonds. The van der Waals surface area contributed by atoms with E-state index in [9.17, 15) is 9.90 Å². The second kappa shape index (κ2) is 9.38. The number of carbonyl (C=O) groups excluding carboxylic acids is 1. The molecule has 0 heterocycles. The second-order valence-corrected chi connectivity index (χ2v) is 9.02. The van der Waals surface area contributed by atoms with Crippen LogP contribution in [0, 0.1) is 11.8 Å². The minimum atomic E-state index is -0.263. The summed E-state index contributed by atoms with van der Waals surface area (Å²) in [4.78, 5) is 12.4. The standard InChI is InChI=1S/C26H33NO3/c1-18-15-16-22(26(3,4)21-13-9-6-10-14-21)23(17-18)30-25(29)19(2)27-24(28)20-11-7-5-8-12-20/h5-14,18,22-23,29H,15-17H2,1-4H3,(H,27,28)/b25-19+/t18-,22-,23-/m1/s1.